The Bertz CT molecular complexity index is 449. The first-order valence-electron chi connectivity index (χ1n) is 4.37. The van der Waals surface area contributed by atoms with Crippen LogP contribution in [0.1, 0.15) is 5.56 Å². The highest BCUT2D eigenvalue weighted by Crippen LogP contribution is 2.31. The van der Waals surface area contributed by atoms with Crippen LogP contribution in [-0.2, 0) is 0 Å². The molecule has 0 saturated heterocycles. The molecule has 0 fully saturated rings. The summed E-state index contributed by atoms with van der Waals surface area (Å²) in [6, 6.07) is 0. The van der Waals surface area contributed by atoms with E-state index in [9.17, 15) is 30.7 Å². The molecule has 0 bridgehead atoms. The SMILES string of the molecule is C=Cc1c(F)c(F)c(OCC(F)(F)F)c(F)c1F. The third kappa shape index (κ3) is 2.74. The number of rotatable bonds is 3. The van der Waals surface area contributed by atoms with E-state index >= 15 is 0 Å². The van der Waals surface area contributed by atoms with Gasteiger partial charge in [-0.2, -0.15) is 22.0 Å². The van der Waals surface area contributed by atoms with Crippen LogP contribution in [0.5, 0.6) is 5.75 Å². The van der Waals surface area contributed by atoms with E-state index in [1.54, 1.807) is 0 Å². The van der Waals surface area contributed by atoms with Gasteiger partial charge in [-0.15, -0.1) is 0 Å². The molecule has 0 amide bonds. The summed E-state index contributed by atoms with van der Waals surface area (Å²) in [5.74, 6) is -9.60. The molecular weight excluding hydrogens is 269 g/mol. The van der Waals surface area contributed by atoms with Gasteiger partial charge in [0.1, 0.15) is 0 Å². The molecule has 0 N–H and O–H groups in total. The first-order chi connectivity index (χ1) is 8.19. The Morgan fingerprint density at radius 3 is 1.72 bits per heavy atom. The van der Waals surface area contributed by atoms with Crippen molar-refractivity contribution in [3.05, 3.63) is 35.4 Å². The molecule has 0 aliphatic heterocycles. The van der Waals surface area contributed by atoms with E-state index in [1.165, 1.54) is 0 Å². The van der Waals surface area contributed by atoms with Crippen molar-refractivity contribution in [3.8, 4) is 5.75 Å². The van der Waals surface area contributed by atoms with Gasteiger partial charge in [0.2, 0.25) is 11.6 Å². The van der Waals surface area contributed by atoms with Crippen molar-refractivity contribution in [1.82, 2.24) is 0 Å². The lowest BCUT2D eigenvalue weighted by molar-refractivity contribution is -0.154. The average Bonchev–Trinajstić information content (AvgIpc) is 2.26. The fourth-order valence-electron chi connectivity index (χ4n) is 1.09. The summed E-state index contributed by atoms with van der Waals surface area (Å²) in [4.78, 5) is 0. The van der Waals surface area contributed by atoms with Crippen molar-refractivity contribution in [2.75, 3.05) is 6.61 Å². The number of benzene rings is 1. The summed E-state index contributed by atoms with van der Waals surface area (Å²) in [5.41, 5.74) is -1.12. The van der Waals surface area contributed by atoms with E-state index in [-0.39, 0.29) is 0 Å². The maximum absolute atomic E-state index is 13.1. The molecule has 1 nitrogen and oxygen atoms in total. The zero-order valence-corrected chi connectivity index (χ0v) is 8.55. The lowest BCUT2D eigenvalue weighted by atomic mass is 10.1. The van der Waals surface area contributed by atoms with Crippen molar-refractivity contribution >= 4 is 6.08 Å². The lowest BCUT2D eigenvalue weighted by Crippen LogP contribution is -2.21. The number of hydrogen-bond donors (Lipinski definition) is 0. The standard InChI is InChI=1S/C10H5F7O/c1-2-4-5(11)7(13)9(8(14)6(4)12)18-3-10(15,16)17/h2H,1,3H2. The van der Waals surface area contributed by atoms with Crippen molar-refractivity contribution in [2.24, 2.45) is 0 Å². The van der Waals surface area contributed by atoms with Gasteiger partial charge in [0.05, 0.1) is 5.56 Å². The maximum atomic E-state index is 13.1. The average molecular weight is 274 g/mol. The Hall–Kier alpha value is -1.73. The number of hydrogen-bond acceptors (Lipinski definition) is 1. The molecule has 0 heterocycles. The van der Waals surface area contributed by atoms with Gasteiger partial charge in [0.15, 0.2) is 24.0 Å². The van der Waals surface area contributed by atoms with Gasteiger partial charge < -0.3 is 4.74 Å². The molecule has 0 radical (unpaired) electrons. The Balaban J connectivity index is 3.25. The van der Waals surface area contributed by atoms with Gasteiger partial charge in [-0.1, -0.05) is 12.7 Å². The minimum Gasteiger partial charge on any atom is -0.478 e. The van der Waals surface area contributed by atoms with E-state index in [1.807, 2.05) is 0 Å². The molecule has 0 spiro atoms. The summed E-state index contributed by atoms with van der Waals surface area (Å²) in [6.45, 7) is 0.839. The topological polar surface area (TPSA) is 9.23 Å². The Morgan fingerprint density at radius 2 is 1.39 bits per heavy atom. The highest BCUT2D eigenvalue weighted by molar-refractivity contribution is 5.51. The van der Waals surface area contributed by atoms with Crippen molar-refractivity contribution < 1.29 is 35.5 Å². The van der Waals surface area contributed by atoms with Gasteiger partial charge in [-0.25, -0.2) is 8.78 Å². The van der Waals surface area contributed by atoms with Crippen LogP contribution in [0.15, 0.2) is 6.58 Å². The number of ether oxygens (including phenoxy) is 1. The van der Waals surface area contributed by atoms with Gasteiger partial charge in [-0.3, -0.25) is 0 Å². The van der Waals surface area contributed by atoms with E-state index in [0.717, 1.165) is 0 Å². The summed E-state index contributed by atoms with van der Waals surface area (Å²) in [6.07, 6.45) is -4.41. The Labute approximate surface area is 96.5 Å². The van der Waals surface area contributed by atoms with Gasteiger partial charge in [-0.05, 0) is 0 Å². The fourth-order valence-corrected chi connectivity index (χ4v) is 1.09. The van der Waals surface area contributed by atoms with Crippen LogP contribution < -0.4 is 4.74 Å². The second-order valence-electron chi connectivity index (χ2n) is 3.11. The van der Waals surface area contributed by atoms with Gasteiger partial charge >= 0.3 is 6.18 Å². The van der Waals surface area contributed by atoms with Crippen LogP contribution in [0.3, 0.4) is 0 Å². The predicted octanol–water partition coefficient (Wildman–Crippen LogP) is 3.83. The molecule has 18 heavy (non-hydrogen) atoms. The molecule has 1 aromatic carbocycles. The molecule has 8 heteroatoms. The zero-order valence-electron chi connectivity index (χ0n) is 8.55. The van der Waals surface area contributed by atoms with Gasteiger partial charge in [0.25, 0.3) is 0 Å². The third-order valence-electron chi connectivity index (χ3n) is 1.84. The fraction of sp³-hybridized carbons (Fsp3) is 0.200. The number of halogens is 7. The Kier molecular flexibility index (Phi) is 3.88. The van der Waals surface area contributed by atoms with Crippen LogP contribution in [0.4, 0.5) is 30.7 Å². The van der Waals surface area contributed by atoms with Crippen molar-refractivity contribution in [3.63, 3.8) is 0 Å². The highest BCUT2D eigenvalue weighted by Gasteiger charge is 2.32. The molecule has 0 aliphatic rings. The van der Waals surface area contributed by atoms with E-state index in [4.69, 9.17) is 0 Å². The summed E-state index contributed by atoms with van der Waals surface area (Å²) in [5, 5.41) is 0. The van der Waals surface area contributed by atoms with Crippen LogP contribution in [0.2, 0.25) is 0 Å². The van der Waals surface area contributed by atoms with E-state index in [0.29, 0.717) is 6.08 Å². The summed E-state index contributed by atoms with van der Waals surface area (Å²) >= 11 is 0. The molecule has 0 aliphatic carbocycles. The van der Waals surface area contributed by atoms with Crippen molar-refractivity contribution in [2.45, 2.75) is 6.18 Å². The second kappa shape index (κ2) is 4.87. The second-order valence-corrected chi connectivity index (χ2v) is 3.11. The third-order valence-corrected chi connectivity index (χ3v) is 1.84. The Morgan fingerprint density at radius 1 is 0.944 bits per heavy atom. The highest BCUT2D eigenvalue weighted by atomic mass is 19.4. The first-order valence-corrected chi connectivity index (χ1v) is 4.37. The van der Waals surface area contributed by atoms with Crippen LogP contribution in [0.25, 0.3) is 6.08 Å². The number of alkyl halides is 3. The molecule has 0 atom stereocenters. The summed E-state index contributed by atoms with van der Waals surface area (Å²) < 4.78 is 91.5. The lowest BCUT2D eigenvalue weighted by Gasteiger charge is -2.12. The molecule has 1 rings (SSSR count). The molecule has 0 unspecified atom stereocenters. The van der Waals surface area contributed by atoms with E-state index in [2.05, 4.69) is 11.3 Å². The smallest absolute Gasteiger partial charge is 0.422 e. The largest absolute Gasteiger partial charge is 0.478 e. The zero-order chi connectivity index (χ0) is 14.1. The quantitative estimate of drug-likeness (QED) is 0.601. The monoisotopic (exact) mass is 274 g/mol. The molecule has 100 valence electrons. The minimum atomic E-state index is -4.90. The van der Waals surface area contributed by atoms with Gasteiger partial charge in [0, 0.05) is 0 Å². The van der Waals surface area contributed by atoms with Crippen LogP contribution in [-0.4, -0.2) is 12.8 Å². The predicted molar refractivity (Wildman–Crippen MR) is 47.9 cm³/mol. The van der Waals surface area contributed by atoms with E-state index < -0.39 is 47.4 Å². The molecule has 0 saturated carbocycles. The first kappa shape index (κ1) is 14.3. The summed E-state index contributed by atoms with van der Waals surface area (Å²) in [7, 11) is 0. The normalized spacial score (nSPS) is 11.5. The van der Waals surface area contributed by atoms with Crippen LogP contribution in [0, 0.1) is 23.3 Å². The molecule has 1 aromatic rings. The van der Waals surface area contributed by atoms with Crippen LogP contribution >= 0.6 is 0 Å². The molecule has 0 aromatic heterocycles. The minimum absolute atomic E-state index is 0.490. The maximum Gasteiger partial charge on any atom is 0.422 e. The van der Waals surface area contributed by atoms with Crippen molar-refractivity contribution in [1.29, 1.82) is 0 Å². The molecular formula is C10H5F7O.